The van der Waals surface area contributed by atoms with Crippen molar-refractivity contribution in [3.8, 4) is 0 Å². The number of hydrogen-bond donors (Lipinski definition) is 2. The third-order valence-electron chi connectivity index (χ3n) is 3.42. The van der Waals surface area contributed by atoms with Gasteiger partial charge in [-0.3, -0.25) is 9.59 Å². The van der Waals surface area contributed by atoms with Crippen molar-refractivity contribution in [3.63, 3.8) is 0 Å². The molecule has 0 aliphatic rings. The molecule has 0 bridgehead atoms. The van der Waals surface area contributed by atoms with Crippen LogP contribution in [0, 0.1) is 0 Å². The molecule has 0 aliphatic carbocycles. The molecule has 5 heteroatoms. The molecule has 2 N–H and O–H groups in total. The normalized spacial score (nSPS) is 10.3. The number of carbonyl (C=O) groups excluding carboxylic acids is 2. The van der Waals surface area contributed by atoms with Crippen LogP contribution in [0.15, 0.2) is 41.8 Å². The molecule has 0 fully saturated rings. The molecule has 122 valence electrons. The summed E-state index contributed by atoms with van der Waals surface area (Å²) < 4.78 is 0. The van der Waals surface area contributed by atoms with E-state index in [1.807, 2.05) is 31.2 Å². The first kappa shape index (κ1) is 17.2. The summed E-state index contributed by atoms with van der Waals surface area (Å²) in [7, 11) is 0. The van der Waals surface area contributed by atoms with Gasteiger partial charge in [0.1, 0.15) is 0 Å². The first-order valence-electron chi connectivity index (χ1n) is 7.85. The van der Waals surface area contributed by atoms with Crippen LogP contribution in [0.2, 0.25) is 0 Å². The number of nitrogens with one attached hydrogen (secondary N) is 2. The van der Waals surface area contributed by atoms with Crippen LogP contribution in [-0.2, 0) is 17.8 Å². The first-order valence-corrected chi connectivity index (χ1v) is 8.73. The lowest BCUT2D eigenvalue weighted by molar-refractivity contribution is -0.121. The predicted octanol–water partition coefficient (Wildman–Crippen LogP) is 3.14. The molecular weight excluding hydrogens is 308 g/mol. The Morgan fingerprint density at radius 1 is 1.13 bits per heavy atom. The highest BCUT2D eigenvalue weighted by Crippen LogP contribution is 2.12. The topological polar surface area (TPSA) is 58.2 Å². The molecule has 2 amide bonds. The SMILES string of the molecule is CCNC(=O)c1cccc(CNC(=O)CCCc2cccs2)c1. The van der Waals surface area contributed by atoms with E-state index in [2.05, 4.69) is 22.1 Å². The van der Waals surface area contributed by atoms with Crippen molar-refractivity contribution >= 4 is 23.2 Å². The van der Waals surface area contributed by atoms with Crippen LogP contribution < -0.4 is 10.6 Å². The standard InChI is InChI=1S/C18H22N2O2S/c1-2-19-18(22)15-7-3-6-14(12-15)13-20-17(21)10-4-8-16-9-5-11-23-16/h3,5-7,9,11-12H,2,4,8,10,13H2,1H3,(H,19,22)(H,20,21). The molecule has 1 heterocycles. The molecule has 0 spiro atoms. The molecule has 0 unspecified atom stereocenters. The number of hydrogen-bond acceptors (Lipinski definition) is 3. The molecule has 0 aliphatic heterocycles. The summed E-state index contributed by atoms with van der Waals surface area (Å²) >= 11 is 1.72. The van der Waals surface area contributed by atoms with Crippen LogP contribution in [0.4, 0.5) is 0 Å². The van der Waals surface area contributed by atoms with Gasteiger partial charge < -0.3 is 10.6 Å². The van der Waals surface area contributed by atoms with E-state index in [4.69, 9.17) is 0 Å². The average molecular weight is 330 g/mol. The maximum Gasteiger partial charge on any atom is 0.251 e. The molecule has 0 saturated carbocycles. The molecule has 0 radical (unpaired) electrons. The van der Waals surface area contributed by atoms with Gasteiger partial charge in [0.05, 0.1) is 0 Å². The van der Waals surface area contributed by atoms with E-state index < -0.39 is 0 Å². The Kier molecular flexibility index (Phi) is 6.81. The summed E-state index contributed by atoms with van der Waals surface area (Å²) in [6, 6.07) is 11.5. The zero-order valence-corrected chi connectivity index (χ0v) is 14.1. The highest BCUT2D eigenvalue weighted by molar-refractivity contribution is 7.09. The summed E-state index contributed by atoms with van der Waals surface area (Å²) in [6.07, 6.45) is 2.32. The maximum absolute atomic E-state index is 11.9. The van der Waals surface area contributed by atoms with Crippen LogP contribution in [-0.4, -0.2) is 18.4 Å². The summed E-state index contributed by atoms with van der Waals surface area (Å²) in [5.74, 6) is -0.0402. The van der Waals surface area contributed by atoms with Gasteiger partial charge >= 0.3 is 0 Å². The van der Waals surface area contributed by atoms with Gasteiger partial charge in [-0.2, -0.15) is 0 Å². The van der Waals surface area contributed by atoms with E-state index >= 15 is 0 Å². The van der Waals surface area contributed by atoms with Crippen molar-refractivity contribution in [2.45, 2.75) is 32.7 Å². The van der Waals surface area contributed by atoms with Crippen molar-refractivity contribution in [2.75, 3.05) is 6.54 Å². The zero-order chi connectivity index (χ0) is 16.5. The van der Waals surface area contributed by atoms with E-state index in [1.54, 1.807) is 17.4 Å². The van der Waals surface area contributed by atoms with E-state index in [1.165, 1.54) is 4.88 Å². The van der Waals surface area contributed by atoms with Gasteiger partial charge in [-0.25, -0.2) is 0 Å². The number of carbonyl (C=O) groups is 2. The second kappa shape index (κ2) is 9.10. The second-order valence-corrected chi connectivity index (χ2v) is 6.30. The van der Waals surface area contributed by atoms with Crippen LogP contribution in [0.3, 0.4) is 0 Å². The molecule has 23 heavy (non-hydrogen) atoms. The number of aryl methyl sites for hydroxylation is 1. The molecule has 2 aromatic rings. The Bertz CT molecular complexity index is 638. The fourth-order valence-corrected chi connectivity index (χ4v) is 3.00. The van der Waals surface area contributed by atoms with E-state index in [9.17, 15) is 9.59 Å². The minimum atomic E-state index is -0.0865. The van der Waals surface area contributed by atoms with Gasteiger partial charge in [0.15, 0.2) is 0 Å². The van der Waals surface area contributed by atoms with Crippen molar-refractivity contribution in [1.82, 2.24) is 10.6 Å². The summed E-state index contributed by atoms with van der Waals surface area (Å²) in [4.78, 5) is 25.0. The fourth-order valence-electron chi connectivity index (χ4n) is 2.25. The minimum absolute atomic E-state index is 0.0463. The van der Waals surface area contributed by atoms with Crippen LogP contribution in [0.5, 0.6) is 0 Å². The predicted molar refractivity (Wildman–Crippen MR) is 93.6 cm³/mol. The zero-order valence-electron chi connectivity index (χ0n) is 13.3. The van der Waals surface area contributed by atoms with Gasteiger partial charge in [-0.15, -0.1) is 11.3 Å². The lowest BCUT2D eigenvalue weighted by atomic mass is 10.1. The smallest absolute Gasteiger partial charge is 0.251 e. The average Bonchev–Trinajstić information content (AvgIpc) is 3.07. The molecule has 2 rings (SSSR count). The van der Waals surface area contributed by atoms with Gasteiger partial charge in [-0.05, 0) is 48.9 Å². The van der Waals surface area contributed by atoms with E-state index in [-0.39, 0.29) is 11.8 Å². The minimum Gasteiger partial charge on any atom is -0.352 e. The molecule has 1 aromatic heterocycles. The molecule has 4 nitrogen and oxygen atoms in total. The lowest BCUT2D eigenvalue weighted by Crippen LogP contribution is -2.24. The van der Waals surface area contributed by atoms with Crippen molar-refractivity contribution in [2.24, 2.45) is 0 Å². The summed E-state index contributed by atoms with van der Waals surface area (Å²) in [5.41, 5.74) is 1.55. The highest BCUT2D eigenvalue weighted by Gasteiger charge is 2.06. The van der Waals surface area contributed by atoms with Crippen LogP contribution >= 0.6 is 11.3 Å². The monoisotopic (exact) mass is 330 g/mol. The van der Waals surface area contributed by atoms with E-state index in [0.717, 1.165) is 18.4 Å². The van der Waals surface area contributed by atoms with Crippen molar-refractivity contribution in [1.29, 1.82) is 0 Å². The molecular formula is C18H22N2O2S. The summed E-state index contributed by atoms with van der Waals surface area (Å²) in [6.45, 7) is 2.94. The Labute approximate surface area is 140 Å². The van der Waals surface area contributed by atoms with Gasteiger partial charge in [0.25, 0.3) is 5.91 Å². The number of rotatable bonds is 8. The van der Waals surface area contributed by atoms with Crippen LogP contribution in [0.25, 0.3) is 0 Å². The van der Waals surface area contributed by atoms with Gasteiger partial charge in [-0.1, -0.05) is 18.2 Å². The quantitative estimate of drug-likeness (QED) is 0.781. The van der Waals surface area contributed by atoms with Gasteiger partial charge in [0.2, 0.25) is 5.91 Å². The summed E-state index contributed by atoms with van der Waals surface area (Å²) in [5, 5.41) is 7.73. The first-order chi connectivity index (χ1) is 11.2. The third-order valence-corrected chi connectivity index (χ3v) is 4.36. The van der Waals surface area contributed by atoms with Crippen molar-refractivity contribution in [3.05, 3.63) is 57.8 Å². The Balaban J connectivity index is 1.75. The second-order valence-electron chi connectivity index (χ2n) is 5.27. The maximum atomic E-state index is 11.9. The molecule has 0 saturated heterocycles. The number of thiophene rings is 1. The third kappa shape index (κ3) is 5.87. The largest absolute Gasteiger partial charge is 0.352 e. The molecule has 0 atom stereocenters. The Morgan fingerprint density at radius 3 is 2.74 bits per heavy atom. The molecule has 1 aromatic carbocycles. The van der Waals surface area contributed by atoms with E-state index in [0.29, 0.717) is 25.1 Å². The lowest BCUT2D eigenvalue weighted by Gasteiger charge is -2.07. The number of amides is 2. The number of benzene rings is 1. The van der Waals surface area contributed by atoms with Gasteiger partial charge in [0, 0.05) is 30.0 Å². The van der Waals surface area contributed by atoms with Crippen LogP contribution in [0.1, 0.15) is 40.6 Å². The Morgan fingerprint density at radius 2 is 2.00 bits per heavy atom. The van der Waals surface area contributed by atoms with Crippen molar-refractivity contribution < 1.29 is 9.59 Å². The fraction of sp³-hybridized carbons (Fsp3) is 0.333. The Hall–Kier alpha value is -2.14. The highest BCUT2D eigenvalue weighted by atomic mass is 32.1.